The first-order valence-electron chi connectivity index (χ1n) is 6.99. The molecule has 2 nitrogen and oxygen atoms in total. The van der Waals surface area contributed by atoms with Crippen molar-refractivity contribution in [1.29, 1.82) is 0 Å². The molecule has 1 fully saturated rings. The van der Waals surface area contributed by atoms with Gasteiger partial charge in [0.25, 0.3) is 0 Å². The van der Waals surface area contributed by atoms with Gasteiger partial charge in [-0.05, 0) is 60.8 Å². The zero-order valence-corrected chi connectivity index (χ0v) is 14.2. The molecule has 2 rings (SSSR count). The summed E-state index contributed by atoms with van der Waals surface area (Å²) in [5, 5.41) is 3.94. The van der Waals surface area contributed by atoms with Crippen molar-refractivity contribution in [3.8, 4) is 0 Å². The Morgan fingerprint density at radius 1 is 1.55 bits per heavy atom. The lowest BCUT2D eigenvalue weighted by Gasteiger charge is -2.35. The summed E-state index contributed by atoms with van der Waals surface area (Å²) in [5.41, 5.74) is 0.198. The molecule has 0 aromatic heterocycles. The lowest BCUT2D eigenvalue weighted by atomic mass is 9.87. The highest BCUT2D eigenvalue weighted by atomic mass is 79.9. The zero-order chi connectivity index (χ0) is 14.8. The van der Waals surface area contributed by atoms with Crippen molar-refractivity contribution in [2.75, 3.05) is 13.2 Å². The van der Waals surface area contributed by atoms with Crippen LogP contribution in [0.25, 0.3) is 0 Å². The zero-order valence-electron chi connectivity index (χ0n) is 11.8. The minimum atomic E-state index is -0.382. The number of rotatable bonds is 5. The van der Waals surface area contributed by atoms with Gasteiger partial charge in [0.15, 0.2) is 0 Å². The predicted octanol–water partition coefficient (Wildman–Crippen LogP) is 4.85. The van der Waals surface area contributed by atoms with Gasteiger partial charge in [0, 0.05) is 16.6 Å². The highest BCUT2D eigenvalue weighted by molar-refractivity contribution is 9.10. The molecule has 0 bridgehead atoms. The minimum Gasteiger partial charge on any atom is -0.373 e. The van der Waals surface area contributed by atoms with E-state index in [0.717, 1.165) is 32.4 Å². The molecule has 0 amide bonds. The monoisotopic (exact) mass is 363 g/mol. The molecule has 20 heavy (non-hydrogen) atoms. The second-order valence-electron chi connectivity index (χ2n) is 5.44. The molecule has 1 saturated heterocycles. The van der Waals surface area contributed by atoms with E-state index in [-0.39, 0.29) is 17.5 Å². The van der Waals surface area contributed by atoms with E-state index in [9.17, 15) is 4.39 Å². The van der Waals surface area contributed by atoms with Crippen molar-refractivity contribution in [2.45, 2.75) is 44.8 Å². The largest absolute Gasteiger partial charge is 0.373 e. The van der Waals surface area contributed by atoms with Crippen LogP contribution in [0.2, 0.25) is 5.02 Å². The Labute approximate surface area is 133 Å². The Balaban J connectivity index is 2.38. The normalized spacial score (nSPS) is 24.1. The fourth-order valence-corrected chi connectivity index (χ4v) is 3.22. The number of benzene rings is 1. The smallest absolute Gasteiger partial charge is 0.129 e. The summed E-state index contributed by atoms with van der Waals surface area (Å²) in [6.07, 6.45) is 2.91. The molecule has 112 valence electrons. The Bertz CT molecular complexity index is 477. The van der Waals surface area contributed by atoms with Gasteiger partial charge >= 0.3 is 0 Å². The van der Waals surface area contributed by atoms with E-state index >= 15 is 0 Å². The van der Waals surface area contributed by atoms with Gasteiger partial charge in [-0.15, -0.1) is 0 Å². The SMILES string of the molecule is CCCNC(c1cc(Cl)c(Br)cc1F)C1(C)CCCO1. The van der Waals surface area contributed by atoms with Crippen LogP contribution in [-0.2, 0) is 4.74 Å². The summed E-state index contributed by atoms with van der Waals surface area (Å²) in [6.45, 7) is 5.68. The van der Waals surface area contributed by atoms with Crippen LogP contribution in [0.5, 0.6) is 0 Å². The summed E-state index contributed by atoms with van der Waals surface area (Å²) < 4.78 is 20.8. The average molecular weight is 365 g/mol. The standard InChI is InChI=1S/C15H20BrClFNO/c1-3-6-19-14(15(2)5-4-7-20-15)10-8-12(17)11(16)9-13(10)18/h8-9,14,19H,3-7H2,1-2H3. The second kappa shape index (κ2) is 6.73. The third-order valence-electron chi connectivity index (χ3n) is 3.81. The third kappa shape index (κ3) is 3.35. The van der Waals surface area contributed by atoms with Gasteiger partial charge in [-0.3, -0.25) is 0 Å². The van der Waals surface area contributed by atoms with Crippen LogP contribution < -0.4 is 5.32 Å². The summed E-state index contributed by atoms with van der Waals surface area (Å²) in [6, 6.07) is 2.94. The number of halogens is 3. The van der Waals surface area contributed by atoms with Gasteiger partial charge in [-0.2, -0.15) is 0 Å². The first-order chi connectivity index (χ1) is 9.48. The Morgan fingerprint density at radius 3 is 2.90 bits per heavy atom. The molecule has 1 heterocycles. The second-order valence-corrected chi connectivity index (χ2v) is 6.70. The molecule has 0 radical (unpaired) electrons. The van der Waals surface area contributed by atoms with Crippen LogP contribution in [0, 0.1) is 5.82 Å². The first kappa shape index (κ1) is 16.2. The van der Waals surface area contributed by atoms with Gasteiger partial charge in [-0.1, -0.05) is 18.5 Å². The molecule has 1 aliphatic rings. The van der Waals surface area contributed by atoms with E-state index in [1.54, 1.807) is 6.07 Å². The molecular weight excluding hydrogens is 345 g/mol. The summed E-state index contributed by atoms with van der Waals surface area (Å²) in [5.74, 6) is -0.258. The maximum atomic E-state index is 14.3. The van der Waals surface area contributed by atoms with Gasteiger partial charge in [0.2, 0.25) is 0 Å². The van der Waals surface area contributed by atoms with Crippen molar-refractivity contribution < 1.29 is 9.13 Å². The quantitative estimate of drug-likeness (QED) is 0.754. The van der Waals surface area contributed by atoms with E-state index in [0.29, 0.717) is 15.1 Å². The Morgan fingerprint density at radius 2 is 2.30 bits per heavy atom. The van der Waals surface area contributed by atoms with E-state index in [4.69, 9.17) is 16.3 Å². The molecule has 0 saturated carbocycles. The highest BCUT2D eigenvalue weighted by Gasteiger charge is 2.40. The Kier molecular flexibility index (Phi) is 5.46. The molecule has 2 atom stereocenters. The molecule has 1 N–H and O–H groups in total. The molecule has 1 aliphatic heterocycles. The van der Waals surface area contributed by atoms with Crippen LogP contribution in [0.3, 0.4) is 0 Å². The van der Waals surface area contributed by atoms with Crippen molar-refractivity contribution in [3.05, 3.63) is 33.0 Å². The van der Waals surface area contributed by atoms with Crippen molar-refractivity contribution >= 4 is 27.5 Å². The number of hydrogen-bond donors (Lipinski definition) is 1. The predicted molar refractivity (Wildman–Crippen MR) is 83.7 cm³/mol. The van der Waals surface area contributed by atoms with Crippen molar-refractivity contribution in [1.82, 2.24) is 5.32 Å². The number of nitrogens with one attached hydrogen (secondary N) is 1. The van der Waals surface area contributed by atoms with E-state index in [2.05, 4.69) is 28.2 Å². The van der Waals surface area contributed by atoms with Crippen LogP contribution >= 0.6 is 27.5 Å². The van der Waals surface area contributed by atoms with Gasteiger partial charge in [0.1, 0.15) is 5.82 Å². The molecule has 2 unspecified atom stereocenters. The lowest BCUT2D eigenvalue weighted by molar-refractivity contribution is -0.0133. The third-order valence-corrected chi connectivity index (χ3v) is 5.01. The summed E-state index contributed by atoms with van der Waals surface area (Å²) in [7, 11) is 0. The first-order valence-corrected chi connectivity index (χ1v) is 8.17. The summed E-state index contributed by atoms with van der Waals surface area (Å²) >= 11 is 9.39. The fourth-order valence-electron chi connectivity index (χ4n) is 2.73. The maximum absolute atomic E-state index is 14.3. The van der Waals surface area contributed by atoms with Crippen LogP contribution in [0.15, 0.2) is 16.6 Å². The Hall–Kier alpha value is -0.160. The van der Waals surface area contributed by atoms with Crippen LogP contribution in [0.1, 0.15) is 44.7 Å². The van der Waals surface area contributed by atoms with Crippen molar-refractivity contribution in [2.24, 2.45) is 0 Å². The van der Waals surface area contributed by atoms with Gasteiger partial charge < -0.3 is 10.1 Å². The molecular formula is C15H20BrClFNO. The fraction of sp³-hybridized carbons (Fsp3) is 0.600. The molecule has 5 heteroatoms. The van der Waals surface area contributed by atoms with E-state index in [1.807, 2.05) is 6.92 Å². The van der Waals surface area contributed by atoms with Crippen molar-refractivity contribution in [3.63, 3.8) is 0 Å². The highest BCUT2D eigenvalue weighted by Crippen LogP contribution is 2.40. The summed E-state index contributed by atoms with van der Waals surface area (Å²) in [4.78, 5) is 0. The topological polar surface area (TPSA) is 21.3 Å². The maximum Gasteiger partial charge on any atom is 0.129 e. The van der Waals surface area contributed by atoms with Crippen LogP contribution in [0.4, 0.5) is 4.39 Å². The molecule has 1 aromatic carbocycles. The van der Waals surface area contributed by atoms with E-state index in [1.165, 1.54) is 6.07 Å². The molecule has 0 aliphatic carbocycles. The minimum absolute atomic E-state index is 0.185. The number of hydrogen-bond acceptors (Lipinski definition) is 2. The molecule has 0 spiro atoms. The lowest BCUT2D eigenvalue weighted by Crippen LogP contribution is -2.42. The van der Waals surface area contributed by atoms with E-state index < -0.39 is 0 Å². The number of ether oxygens (including phenoxy) is 1. The average Bonchev–Trinajstić information content (AvgIpc) is 2.83. The van der Waals surface area contributed by atoms with Gasteiger partial charge in [-0.25, -0.2) is 4.39 Å². The van der Waals surface area contributed by atoms with Gasteiger partial charge in [0.05, 0.1) is 16.7 Å². The van der Waals surface area contributed by atoms with Crippen LogP contribution in [-0.4, -0.2) is 18.8 Å². The molecule has 1 aromatic rings.